The summed E-state index contributed by atoms with van der Waals surface area (Å²) >= 11 is 0. The molecule has 2 heterocycles. The molecule has 1 aromatic heterocycles. The molecule has 4 nitrogen and oxygen atoms in total. The molecule has 0 spiro atoms. The summed E-state index contributed by atoms with van der Waals surface area (Å²) in [6.07, 6.45) is -3.55. The number of imidazole rings is 1. The Morgan fingerprint density at radius 2 is 2.16 bits per heavy atom. The molecule has 1 aliphatic rings. The van der Waals surface area contributed by atoms with Crippen molar-refractivity contribution in [3.8, 4) is 0 Å². The van der Waals surface area contributed by atoms with Crippen LogP contribution in [-0.2, 0) is 10.9 Å². The maximum Gasteiger partial charge on any atom is 0.418 e. The van der Waals surface area contributed by atoms with Crippen LogP contribution in [0.25, 0.3) is 11.0 Å². The molecule has 0 radical (unpaired) electrons. The Bertz CT molecular complexity index is 666. The molecule has 0 saturated carbocycles. The highest BCUT2D eigenvalue weighted by molar-refractivity contribution is 5.79. The maximum absolute atomic E-state index is 12.9. The molecule has 0 amide bonds. The largest absolute Gasteiger partial charge is 0.418 e. The van der Waals surface area contributed by atoms with E-state index in [1.807, 2.05) is 0 Å². The van der Waals surface area contributed by atoms with Gasteiger partial charge in [0.25, 0.3) is 0 Å². The van der Waals surface area contributed by atoms with E-state index in [9.17, 15) is 18.0 Å². The molecule has 3 rings (SSSR count). The van der Waals surface area contributed by atoms with Crippen LogP contribution >= 0.6 is 0 Å². The van der Waals surface area contributed by atoms with Gasteiger partial charge in [0, 0.05) is 6.61 Å². The minimum atomic E-state index is -4.49. The fourth-order valence-corrected chi connectivity index (χ4v) is 2.44. The highest BCUT2D eigenvalue weighted by atomic mass is 19.4. The molecule has 1 saturated heterocycles. The highest BCUT2D eigenvalue weighted by Crippen LogP contribution is 2.34. The van der Waals surface area contributed by atoms with Crippen LogP contribution in [0.1, 0.15) is 24.6 Å². The van der Waals surface area contributed by atoms with Gasteiger partial charge < -0.3 is 9.72 Å². The second-order valence-electron chi connectivity index (χ2n) is 4.47. The molecule has 1 N–H and O–H groups in total. The third-order valence-electron chi connectivity index (χ3n) is 3.25. The summed E-state index contributed by atoms with van der Waals surface area (Å²) in [7, 11) is 0. The zero-order valence-corrected chi connectivity index (χ0v) is 9.83. The fourth-order valence-electron chi connectivity index (χ4n) is 2.44. The van der Waals surface area contributed by atoms with Crippen LogP contribution in [-0.4, -0.2) is 16.2 Å². The van der Waals surface area contributed by atoms with Gasteiger partial charge in [0.2, 0.25) is 0 Å². The molecule has 1 unspecified atom stereocenters. The van der Waals surface area contributed by atoms with Crippen LogP contribution in [0.3, 0.4) is 0 Å². The zero-order valence-electron chi connectivity index (χ0n) is 9.83. The Balaban J connectivity index is 2.25. The maximum atomic E-state index is 12.9. The normalized spacial score (nSPS) is 20.3. The summed E-state index contributed by atoms with van der Waals surface area (Å²) < 4.78 is 45.3. The summed E-state index contributed by atoms with van der Waals surface area (Å²) in [5.74, 6) is 0. The molecule has 7 heteroatoms. The highest BCUT2D eigenvalue weighted by Gasteiger charge is 2.34. The molecule has 1 aliphatic heterocycles. The van der Waals surface area contributed by atoms with Gasteiger partial charge in [-0.05, 0) is 25.0 Å². The predicted molar refractivity (Wildman–Crippen MR) is 61.8 cm³/mol. The van der Waals surface area contributed by atoms with Gasteiger partial charge in [0.05, 0.1) is 16.6 Å². The molecule has 2 aromatic rings. The van der Waals surface area contributed by atoms with Gasteiger partial charge in [0.1, 0.15) is 6.23 Å². The van der Waals surface area contributed by atoms with Gasteiger partial charge in [-0.1, -0.05) is 6.07 Å². The number of fused-ring (bicyclic) bond motifs is 1. The number of para-hydroxylation sites is 1. The smallest absolute Gasteiger partial charge is 0.358 e. The topological polar surface area (TPSA) is 47.0 Å². The van der Waals surface area contributed by atoms with E-state index in [1.165, 1.54) is 16.7 Å². The van der Waals surface area contributed by atoms with Crippen LogP contribution in [0.4, 0.5) is 13.2 Å². The monoisotopic (exact) mass is 272 g/mol. The molecule has 102 valence electrons. The van der Waals surface area contributed by atoms with Gasteiger partial charge in [0.15, 0.2) is 0 Å². The number of ether oxygens (including phenoxy) is 1. The second kappa shape index (κ2) is 4.12. The first-order chi connectivity index (χ1) is 8.98. The molecule has 1 fully saturated rings. The third-order valence-corrected chi connectivity index (χ3v) is 3.25. The van der Waals surface area contributed by atoms with Crippen molar-refractivity contribution in [2.75, 3.05) is 6.61 Å². The van der Waals surface area contributed by atoms with E-state index >= 15 is 0 Å². The minimum absolute atomic E-state index is 0.185. The summed E-state index contributed by atoms with van der Waals surface area (Å²) in [5, 5.41) is 0. The molecule has 0 aliphatic carbocycles. The summed E-state index contributed by atoms with van der Waals surface area (Å²) in [6.45, 7) is 0.517. The first kappa shape index (κ1) is 12.3. The van der Waals surface area contributed by atoms with Crippen LogP contribution in [0, 0.1) is 0 Å². The lowest BCUT2D eigenvalue weighted by Crippen LogP contribution is -2.21. The number of hydrogen-bond donors (Lipinski definition) is 1. The number of aromatic amines is 1. The number of rotatable bonds is 1. The third kappa shape index (κ3) is 1.94. The quantitative estimate of drug-likeness (QED) is 0.867. The molecule has 19 heavy (non-hydrogen) atoms. The number of aromatic nitrogens is 2. The number of halogens is 3. The first-order valence-corrected chi connectivity index (χ1v) is 5.90. The molecule has 1 aromatic carbocycles. The molecule has 1 atom stereocenters. The van der Waals surface area contributed by atoms with Crippen LogP contribution in [0.5, 0.6) is 0 Å². The van der Waals surface area contributed by atoms with Crippen molar-refractivity contribution in [2.45, 2.75) is 25.2 Å². The fraction of sp³-hybridized carbons (Fsp3) is 0.417. The van der Waals surface area contributed by atoms with Gasteiger partial charge in [-0.25, -0.2) is 4.79 Å². The lowest BCUT2D eigenvalue weighted by atomic mass is 10.2. The number of nitrogens with one attached hydrogen (secondary N) is 1. The average Bonchev–Trinajstić information content (AvgIpc) is 2.92. The molecular formula is C12H11F3N2O2. The number of hydrogen-bond acceptors (Lipinski definition) is 2. The Kier molecular flexibility index (Phi) is 2.67. The zero-order chi connectivity index (χ0) is 13.6. The Morgan fingerprint density at radius 3 is 2.79 bits per heavy atom. The predicted octanol–water partition coefficient (Wildman–Crippen LogP) is 2.66. The summed E-state index contributed by atoms with van der Waals surface area (Å²) in [6, 6.07) is 3.74. The SMILES string of the molecule is O=c1[nH]c2c(C(F)(F)F)cccc2n1C1CCCO1. The summed E-state index contributed by atoms with van der Waals surface area (Å²) in [5.41, 5.74) is -1.36. The van der Waals surface area contributed by atoms with E-state index in [1.54, 1.807) is 0 Å². The number of H-pyrrole nitrogens is 1. The summed E-state index contributed by atoms with van der Waals surface area (Å²) in [4.78, 5) is 14.2. The van der Waals surface area contributed by atoms with E-state index in [4.69, 9.17) is 4.74 Å². The van der Waals surface area contributed by atoms with Crippen molar-refractivity contribution < 1.29 is 17.9 Å². The number of benzene rings is 1. The Labute approximate surface area is 105 Å². The van der Waals surface area contributed by atoms with Gasteiger partial charge in [-0.2, -0.15) is 13.2 Å². The van der Waals surface area contributed by atoms with Crippen LogP contribution < -0.4 is 5.69 Å². The molecular weight excluding hydrogens is 261 g/mol. The van der Waals surface area contributed by atoms with Crippen molar-refractivity contribution in [1.29, 1.82) is 0 Å². The number of nitrogens with zero attached hydrogens (tertiary/aromatic N) is 1. The Morgan fingerprint density at radius 1 is 1.37 bits per heavy atom. The van der Waals surface area contributed by atoms with Crippen molar-refractivity contribution in [1.82, 2.24) is 9.55 Å². The van der Waals surface area contributed by atoms with Crippen molar-refractivity contribution in [2.24, 2.45) is 0 Å². The van der Waals surface area contributed by atoms with Crippen molar-refractivity contribution >= 4 is 11.0 Å². The first-order valence-electron chi connectivity index (χ1n) is 5.90. The number of alkyl halides is 3. The van der Waals surface area contributed by atoms with Gasteiger partial charge in [-0.3, -0.25) is 4.57 Å². The lowest BCUT2D eigenvalue weighted by molar-refractivity contribution is -0.136. The van der Waals surface area contributed by atoms with E-state index in [-0.39, 0.29) is 11.0 Å². The lowest BCUT2D eigenvalue weighted by Gasteiger charge is -2.12. The van der Waals surface area contributed by atoms with Crippen LogP contribution in [0.15, 0.2) is 23.0 Å². The second-order valence-corrected chi connectivity index (χ2v) is 4.47. The minimum Gasteiger partial charge on any atom is -0.358 e. The molecule has 0 bridgehead atoms. The average molecular weight is 272 g/mol. The van der Waals surface area contributed by atoms with Crippen molar-refractivity contribution in [3.63, 3.8) is 0 Å². The van der Waals surface area contributed by atoms with Crippen LogP contribution in [0.2, 0.25) is 0 Å². The van der Waals surface area contributed by atoms with E-state index < -0.39 is 23.7 Å². The Hall–Kier alpha value is -1.76. The van der Waals surface area contributed by atoms with E-state index in [0.29, 0.717) is 13.0 Å². The van der Waals surface area contributed by atoms with Gasteiger partial charge in [-0.15, -0.1) is 0 Å². The standard InChI is InChI=1S/C12H11F3N2O2/c13-12(14,15)7-3-1-4-8-10(7)16-11(18)17(8)9-5-2-6-19-9/h1,3-4,9H,2,5-6H2,(H,16,18). The van der Waals surface area contributed by atoms with E-state index in [2.05, 4.69) is 4.98 Å². The van der Waals surface area contributed by atoms with Gasteiger partial charge >= 0.3 is 11.9 Å². The van der Waals surface area contributed by atoms with E-state index in [0.717, 1.165) is 12.5 Å². The van der Waals surface area contributed by atoms with Crippen molar-refractivity contribution in [3.05, 3.63) is 34.2 Å².